The van der Waals surface area contributed by atoms with E-state index in [0.717, 1.165) is 5.41 Å². The molecule has 0 atom stereocenters. The molecule has 0 spiro atoms. The highest BCUT2D eigenvalue weighted by atomic mass is 14.9. The van der Waals surface area contributed by atoms with Crippen LogP contribution >= 0.6 is 0 Å². The predicted molar refractivity (Wildman–Crippen MR) is 54.4 cm³/mol. The van der Waals surface area contributed by atoms with E-state index in [1.807, 2.05) is 0 Å². The van der Waals surface area contributed by atoms with Crippen molar-refractivity contribution in [2.75, 3.05) is 13.1 Å². The van der Waals surface area contributed by atoms with Gasteiger partial charge in [-0.1, -0.05) is 26.7 Å². The van der Waals surface area contributed by atoms with Gasteiger partial charge < -0.3 is 5.32 Å². The summed E-state index contributed by atoms with van der Waals surface area (Å²) >= 11 is 0. The molecule has 0 aromatic carbocycles. The van der Waals surface area contributed by atoms with Crippen molar-refractivity contribution in [3.63, 3.8) is 0 Å². The zero-order chi connectivity index (χ0) is 8.86. The van der Waals surface area contributed by atoms with E-state index in [4.69, 9.17) is 0 Å². The molecule has 0 bridgehead atoms. The number of hydrogen-bond acceptors (Lipinski definition) is 1. The second kappa shape index (κ2) is 4.86. The predicted octanol–water partition coefficient (Wildman–Crippen LogP) is 2.96. The Morgan fingerprint density at radius 2 is 1.92 bits per heavy atom. The smallest absolute Gasteiger partial charge is 0.000771 e. The van der Waals surface area contributed by atoms with E-state index in [-0.39, 0.29) is 0 Å². The van der Waals surface area contributed by atoms with Crippen molar-refractivity contribution in [3.05, 3.63) is 0 Å². The van der Waals surface area contributed by atoms with E-state index < -0.39 is 0 Å². The Morgan fingerprint density at radius 3 is 2.42 bits per heavy atom. The van der Waals surface area contributed by atoms with Gasteiger partial charge in [-0.2, -0.15) is 0 Å². The maximum Gasteiger partial charge on any atom is 0.000771 e. The molecule has 1 N–H and O–H groups in total. The summed E-state index contributed by atoms with van der Waals surface area (Å²) in [6.45, 7) is 7.08. The fourth-order valence-corrected chi connectivity index (χ4v) is 1.69. The Balaban J connectivity index is 1.89. The summed E-state index contributed by atoms with van der Waals surface area (Å²) in [6, 6.07) is 0. The van der Waals surface area contributed by atoms with Crippen LogP contribution in [0.5, 0.6) is 0 Å². The average molecular weight is 169 g/mol. The van der Waals surface area contributed by atoms with Gasteiger partial charge in [0.25, 0.3) is 0 Å². The van der Waals surface area contributed by atoms with Crippen LogP contribution in [0.3, 0.4) is 0 Å². The first-order valence-electron chi connectivity index (χ1n) is 5.54. The zero-order valence-corrected chi connectivity index (χ0v) is 8.66. The number of rotatable bonds is 7. The molecule has 0 heterocycles. The van der Waals surface area contributed by atoms with Gasteiger partial charge in [0, 0.05) is 6.54 Å². The molecular weight excluding hydrogens is 146 g/mol. The van der Waals surface area contributed by atoms with Crippen molar-refractivity contribution in [3.8, 4) is 0 Å². The van der Waals surface area contributed by atoms with E-state index in [0.29, 0.717) is 0 Å². The maximum absolute atomic E-state index is 3.57. The fraction of sp³-hybridized carbons (Fsp3) is 1.00. The Kier molecular flexibility index (Phi) is 4.07. The fourth-order valence-electron chi connectivity index (χ4n) is 1.69. The van der Waals surface area contributed by atoms with Crippen LogP contribution in [0.4, 0.5) is 0 Å². The summed E-state index contributed by atoms with van der Waals surface area (Å²) in [5.74, 6) is 0. The molecule has 0 radical (unpaired) electrons. The van der Waals surface area contributed by atoms with Crippen molar-refractivity contribution in [1.82, 2.24) is 5.32 Å². The van der Waals surface area contributed by atoms with Gasteiger partial charge >= 0.3 is 0 Å². The van der Waals surface area contributed by atoms with Crippen molar-refractivity contribution >= 4 is 0 Å². The highest BCUT2D eigenvalue weighted by Crippen LogP contribution is 2.47. The summed E-state index contributed by atoms with van der Waals surface area (Å²) < 4.78 is 0. The Morgan fingerprint density at radius 1 is 1.17 bits per heavy atom. The average Bonchev–Trinajstić information content (AvgIpc) is 2.85. The topological polar surface area (TPSA) is 12.0 Å². The number of nitrogens with one attached hydrogen (secondary N) is 1. The van der Waals surface area contributed by atoms with Crippen molar-refractivity contribution < 1.29 is 0 Å². The van der Waals surface area contributed by atoms with Gasteiger partial charge in [0.05, 0.1) is 0 Å². The van der Waals surface area contributed by atoms with Crippen molar-refractivity contribution in [1.29, 1.82) is 0 Å². The third kappa shape index (κ3) is 3.14. The lowest BCUT2D eigenvalue weighted by atomic mass is 10.0. The molecule has 0 unspecified atom stereocenters. The molecule has 0 aliphatic heterocycles. The van der Waals surface area contributed by atoms with Gasteiger partial charge in [0.15, 0.2) is 0 Å². The first-order chi connectivity index (χ1) is 5.83. The first-order valence-corrected chi connectivity index (χ1v) is 5.54. The molecule has 1 fully saturated rings. The van der Waals surface area contributed by atoms with Crippen LogP contribution in [0.15, 0.2) is 0 Å². The van der Waals surface area contributed by atoms with Gasteiger partial charge in [0.2, 0.25) is 0 Å². The van der Waals surface area contributed by atoms with E-state index >= 15 is 0 Å². The van der Waals surface area contributed by atoms with Crippen LogP contribution in [-0.2, 0) is 0 Å². The lowest BCUT2D eigenvalue weighted by Crippen LogP contribution is -2.24. The molecule has 1 rings (SSSR count). The zero-order valence-electron chi connectivity index (χ0n) is 8.66. The minimum absolute atomic E-state index is 0.728. The van der Waals surface area contributed by atoms with E-state index in [9.17, 15) is 0 Å². The van der Waals surface area contributed by atoms with Gasteiger partial charge in [-0.3, -0.25) is 0 Å². The summed E-state index contributed by atoms with van der Waals surface area (Å²) in [4.78, 5) is 0. The SMILES string of the molecule is CCCCCNCC1(CC)CC1. The molecule has 1 saturated carbocycles. The second-order valence-corrected chi connectivity index (χ2v) is 4.24. The summed E-state index contributed by atoms with van der Waals surface area (Å²) in [6.07, 6.45) is 8.37. The van der Waals surface area contributed by atoms with Gasteiger partial charge in [-0.25, -0.2) is 0 Å². The van der Waals surface area contributed by atoms with Crippen LogP contribution < -0.4 is 5.32 Å². The molecule has 1 aliphatic rings. The third-order valence-electron chi connectivity index (χ3n) is 3.16. The van der Waals surface area contributed by atoms with Gasteiger partial charge in [-0.05, 0) is 37.6 Å². The second-order valence-electron chi connectivity index (χ2n) is 4.24. The van der Waals surface area contributed by atoms with E-state index in [1.165, 1.54) is 51.6 Å². The highest BCUT2D eigenvalue weighted by Gasteiger charge is 2.39. The highest BCUT2D eigenvalue weighted by molar-refractivity contribution is 4.93. The first kappa shape index (κ1) is 10.0. The van der Waals surface area contributed by atoms with Crippen molar-refractivity contribution in [2.24, 2.45) is 5.41 Å². The molecule has 0 aromatic rings. The van der Waals surface area contributed by atoms with E-state index in [1.54, 1.807) is 0 Å². The number of hydrogen-bond donors (Lipinski definition) is 1. The molecule has 72 valence electrons. The summed E-state index contributed by atoms with van der Waals surface area (Å²) in [7, 11) is 0. The van der Waals surface area contributed by atoms with Crippen molar-refractivity contribution in [2.45, 2.75) is 52.4 Å². The van der Waals surface area contributed by atoms with Crippen LogP contribution in [0.1, 0.15) is 52.4 Å². The Labute approximate surface area is 76.9 Å². The molecular formula is C11H23N. The van der Waals surface area contributed by atoms with Gasteiger partial charge in [-0.15, -0.1) is 0 Å². The molecule has 1 heteroatoms. The van der Waals surface area contributed by atoms with Crippen LogP contribution in [0, 0.1) is 5.41 Å². The summed E-state index contributed by atoms with van der Waals surface area (Å²) in [5.41, 5.74) is 0.728. The lowest BCUT2D eigenvalue weighted by molar-refractivity contribution is 0.439. The minimum Gasteiger partial charge on any atom is -0.316 e. The van der Waals surface area contributed by atoms with E-state index in [2.05, 4.69) is 19.2 Å². The molecule has 0 saturated heterocycles. The molecule has 1 aliphatic carbocycles. The largest absolute Gasteiger partial charge is 0.316 e. The van der Waals surface area contributed by atoms with Crippen LogP contribution in [0.2, 0.25) is 0 Å². The maximum atomic E-state index is 3.57. The van der Waals surface area contributed by atoms with Crippen LogP contribution in [0.25, 0.3) is 0 Å². The summed E-state index contributed by atoms with van der Waals surface area (Å²) in [5, 5.41) is 3.57. The third-order valence-corrected chi connectivity index (χ3v) is 3.16. The monoisotopic (exact) mass is 169 g/mol. The van der Waals surface area contributed by atoms with Crippen LogP contribution in [-0.4, -0.2) is 13.1 Å². The Hall–Kier alpha value is -0.0400. The normalized spacial score (nSPS) is 19.5. The quantitative estimate of drug-likeness (QED) is 0.578. The Bertz CT molecular complexity index is 116. The van der Waals surface area contributed by atoms with Gasteiger partial charge in [0.1, 0.15) is 0 Å². The standard InChI is InChI=1S/C11H23N/c1-3-5-6-9-12-10-11(4-2)7-8-11/h12H,3-10H2,1-2H3. The molecule has 0 aromatic heterocycles. The number of unbranched alkanes of at least 4 members (excludes halogenated alkanes) is 2. The molecule has 0 amide bonds. The molecule has 1 nitrogen and oxygen atoms in total. The minimum atomic E-state index is 0.728. The lowest BCUT2D eigenvalue weighted by Gasteiger charge is -2.12. The molecule has 12 heavy (non-hydrogen) atoms.